The standard InChI is InChI=1S/C17H28N2S/c1-3-18-11-16-10-15(13(2)20-16)12-19-9-8-14-6-4-5-7-17(14)19/h10,14,17-18H,3-9,11-12H2,1-2H3. The minimum atomic E-state index is 0.889. The molecule has 0 spiro atoms. The summed E-state index contributed by atoms with van der Waals surface area (Å²) < 4.78 is 0. The predicted octanol–water partition coefficient (Wildman–Crippen LogP) is 3.93. The van der Waals surface area contributed by atoms with E-state index in [1.165, 1.54) is 54.9 Å². The normalized spacial score (nSPS) is 26.9. The topological polar surface area (TPSA) is 15.3 Å². The van der Waals surface area contributed by atoms with Crippen molar-refractivity contribution >= 4 is 11.3 Å². The van der Waals surface area contributed by atoms with E-state index in [1.54, 1.807) is 5.56 Å². The van der Waals surface area contributed by atoms with Crippen molar-refractivity contribution in [1.29, 1.82) is 0 Å². The first-order valence-electron chi connectivity index (χ1n) is 8.31. The fraction of sp³-hybridized carbons (Fsp3) is 0.765. The number of likely N-dealkylation sites (tertiary alicyclic amines) is 1. The highest BCUT2D eigenvalue weighted by molar-refractivity contribution is 7.12. The molecule has 2 heterocycles. The van der Waals surface area contributed by atoms with Gasteiger partial charge in [0, 0.05) is 28.9 Å². The molecule has 1 saturated carbocycles. The molecule has 1 aliphatic heterocycles. The van der Waals surface area contributed by atoms with Crippen molar-refractivity contribution in [2.24, 2.45) is 5.92 Å². The van der Waals surface area contributed by atoms with Gasteiger partial charge in [0.2, 0.25) is 0 Å². The summed E-state index contributed by atoms with van der Waals surface area (Å²) in [6.45, 7) is 9.08. The van der Waals surface area contributed by atoms with Crippen molar-refractivity contribution in [3.63, 3.8) is 0 Å². The van der Waals surface area contributed by atoms with Crippen LogP contribution in [0.1, 0.15) is 54.3 Å². The Balaban J connectivity index is 1.64. The summed E-state index contributed by atoms with van der Waals surface area (Å²) in [7, 11) is 0. The first-order valence-corrected chi connectivity index (χ1v) is 9.12. The Morgan fingerprint density at radius 1 is 1.30 bits per heavy atom. The molecule has 3 rings (SSSR count). The maximum absolute atomic E-state index is 3.44. The molecule has 112 valence electrons. The zero-order valence-corrected chi connectivity index (χ0v) is 13.8. The van der Waals surface area contributed by atoms with Gasteiger partial charge in [-0.2, -0.15) is 0 Å². The van der Waals surface area contributed by atoms with Crippen molar-refractivity contribution in [3.8, 4) is 0 Å². The van der Waals surface area contributed by atoms with Gasteiger partial charge < -0.3 is 5.32 Å². The van der Waals surface area contributed by atoms with E-state index in [-0.39, 0.29) is 0 Å². The highest BCUT2D eigenvalue weighted by Crippen LogP contribution is 2.37. The second-order valence-electron chi connectivity index (χ2n) is 6.45. The molecule has 0 aromatic carbocycles. The fourth-order valence-corrected chi connectivity index (χ4v) is 5.02. The summed E-state index contributed by atoms with van der Waals surface area (Å²) in [5.41, 5.74) is 1.58. The molecule has 0 amide bonds. The minimum absolute atomic E-state index is 0.889. The third kappa shape index (κ3) is 3.10. The molecule has 1 N–H and O–H groups in total. The Morgan fingerprint density at radius 2 is 2.15 bits per heavy atom. The summed E-state index contributed by atoms with van der Waals surface area (Å²) in [6, 6.07) is 3.33. The van der Waals surface area contributed by atoms with E-state index in [0.717, 1.165) is 25.0 Å². The minimum Gasteiger partial charge on any atom is -0.312 e. The van der Waals surface area contributed by atoms with Crippen molar-refractivity contribution in [1.82, 2.24) is 10.2 Å². The van der Waals surface area contributed by atoms with E-state index in [2.05, 4.69) is 30.1 Å². The number of rotatable bonds is 5. The summed E-state index contributed by atoms with van der Waals surface area (Å²) >= 11 is 1.98. The van der Waals surface area contributed by atoms with E-state index < -0.39 is 0 Å². The van der Waals surface area contributed by atoms with Crippen LogP contribution in [0.3, 0.4) is 0 Å². The molecule has 2 unspecified atom stereocenters. The molecule has 1 aromatic rings. The number of hydrogen-bond acceptors (Lipinski definition) is 3. The third-order valence-electron chi connectivity index (χ3n) is 5.12. The Hall–Kier alpha value is -0.380. The van der Waals surface area contributed by atoms with Gasteiger partial charge in [-0.25, -0.2) is 0 Å². The molecule has 2 aliphatic rings. The molecule has 0 radical (unpaired) electrons. The fourth-order valence-electron chi connectivity index (χ4n) is 4.00. The van der Waals surface area contributed by atoms with Gasteiger partial charge in [-0.3, -0.25) is 4.90 Å². The Bertz CT molecular complexity index is 440. The van der Waals surface area contributed by atoms with E-state index in [1.807, 2.05) is 11.3 Å². The molecular formula is C17H28N2S. The van der Waals surface area contributed by atoms with Crippen LogP contribution in [0.5, 0.6) is 0 Å². The number of nitrogens with one attached hydrogen (secondary N) is 1. The lowest BCUT2D eigenvalue weighted by molar-refractivity contribution is 0.176. The summed E-state index contributed by atoms with van der Waals surface area (Å²) in [5.74, 6) is 1.00. The number of hydrogen-bond donors (Lipinski definition) is 1. The number of fused-ring (bicyclic) bond motifs is 1. The summed E-state index contributed by atoms with van der Waals surface area (Å²) in [6.07, 6.45) is 7.29. The van der Waals surface area contributed by atoms with Gasteiger partial charge in [0.1, 0.15) is 0 Å². The van der Waals surface area contributed by atoms with Crippen LogP contribution in [-0.4, -0.2) is 24.0 Å². The van der Waals surface area contributed by atoms with E-state index in [9.17, 15) is 0 Å². The van der Waals surface area contributed by atoms with Crippen molar-refractivity contribution in [2.45, 2.75) is 65.1 Å². The van der Waals surface area contributed by atoms with Crippen LogP contribution in [0.15, 0.2) is 6.07 Å². The maximum atomic E-state index is 3.44. The lowest BCUT2D eigenvalue weighted by Crippen LogP contribution is -2.34. The van der Waals surface area contributed by atoms with Gasteiger partial charge in [0.05, 0.1) is 0 Å². The average Bonchev–Trinajstić information content (AvgIpc) is 3.02. The quantitative estimate of drug-likeness (QED) is 0.884. The first-order chi connectivity index (χ1) is 9.78. The lowest BCUT2D eigenvalue weighted by atomic mass is 9.85. The zero-order valence-electron chi connectivity index (χ0n) is 13.0. The molecule has 1 aromatic heterocycles. The van der Waals surface area contributed by atoms with Crippen molar-refractivity contribution in [2.75, 3.05) is 13.1 Å². The second-order valence-corrected chi connectivity index (χ2v) is 7.79. The van der Waals surface area contributed by atoms with Gasteiger partial charge in [0.15, 0.2) is 0 Å². The van der Waals surface area contributed by atoms with Crippen LogP contribution >= 0.6 is 11.3 Å². The lowest BCUT2D eigenvalue weighted by Gasteiger charge is -2.31. The molecular weight excluding hydrogens is 264 g/mol. The SMILES string of the molecule is CCNCc1cc(CN2CCC3CCCCC32)c(C)s1. The van der Waals surface area contributed by atoms with E-state index in [4.69, 9.17) is 0 Å². The molecule has 3 heteroatoms. The predicted molar refractivity (Wildman–Crippen MR) is 87.2 cm³/mol. The van der Waals surface area contributed by atoms with Gasteiger partial charge >= 0.3 is 0 Å². The van der Waals surface area contributed by atoms with Gasteiger partial charge in [-0.1, -0.05) is 19.8 Å². The Morgan fingerprint density at radius 3 is 3.00 bits per heavy atom. The highest BCUT2D eigenvalue weighted by Gasteiger charge is 2.35. The molecule has 20 heavy (non-hydrogen) atoms. The van der Waals surface area contributed by atoms with Crippen LogP contribution in [0.2, 0.25) is 0 Å². The molecule has 1 aliphatic carbocycles. The highest BCUT2D eigenvalue weighted by atomic mass is 32.1. The average molecular weight is 292 g/mol. The van der Waals surface area contributed by atoms with Crippen LogP contribution in [0, 0.1) is 12.8 Å². The van der Waals surface area contributed by atoms with Crippen LogP contribution in [0.4, 0.5) is 0 Å². The summed E-state index contributed by atoms with van der Waals surface area (Å²) in [4.78, 5) is 5.80. The number of nitrogens with zero attached hydrogens (tertiary/aromatic N) is 1. The molecule has 1 saturated heterocycles. The molecule has 2 fully saturated rings. The van der Waals surface area contributed by atoms with Gasteiger partial charge in [0.25, 0.3) is 0 Å². The molecule has 2 atom stereocenters. The van der Waals surface area contributed by atoms with Crippen LogP contribution in [0.25, 0.3) is 0 Å². The van der Waals surface area contributed by atoms with E-state index in [0.29, 0.717) is 0 Å². The second kappa shape index (κ2) is 6.59. The van der Waals surface area contributed by atoms with Crippen molar-refractivity contribution in [3.05, 3.63) is 21.4 Å². The number of aryl methyl sites for hydroxylation is 1. The molecule has 2 nitrogen and oxygen atoms in total. The van der Waals surface area contributed by atoms with Gasteiger partial charge in [-0.15, -0.1) is 11.3 Å². The smallest absolute Gasteiger partial charge is 0.0299 e. The largest absolute Gasteiger partial charge is 0.312 e. The van der Waals surface area contributed by atoms with Gasteiger partial charge in [-0.05, 0) is 56.8 Å². The first kappa shape index (κ1) is 14.6. The maximum Gasteiger partial charge on any atom is 0.0299 e. The van der Waals surface area contributed by atoms with E-state index >= 15 is 0 Å². The number of thiophene rings is 1. The summed E-state index contributed by atoms with van der Waals surface area (Å²) in [5, 5.41) is 3.44. The van der Waals surface area contributed by atoms with Crippen molar-refractivity contribution < 1.29 is 0 Å². The van der Waals surface area contributed by atoms with Crippen LogP contribution in [-0.2, 0) is 13.1 Å². The molecule has 0 bridgehead atoms. The Labute approximate surface area is 127 Å². The third-order valence-corrected chi connectivity index (χ3v) is 6.21. The Kier molecular flexibility index (Phi) is 4.79. The zero-order chi connectivity index (χ0) is 13.9. The van der Waals surface area contributed by atoms with Crippen LogP contribution < -0.4 is 5.32 Å². The monoisotopic (exact) mass is 292 g/mol.